The zero-order valence-corrected chi connectivity index (χ0v) is 12.9. The van der Waals surface area contributed by atoms with Crippen LogP contribution in [0.1, 0.15) is 43.2 Å². The average molecular weight is 291 g/mol. The summed E-state index contributed by atoms with van der Waals surface area (Å²) < 4.78 is 5.59. The second-order valence-corrected chi connectivity index (χ2v) is 6.05. The molecule has 0 radical (unpaired) electrons. The SMILES string of the molecule is Cc1ccc(OCCC(=O)NCC2(O)CCCC2)cc1C. The summed E-state index contributed by atoms with van der Waals surface area (Å²) in [5.41, 5.74) is 1.72. The third kappa shape index (κ3) is 4.74. The molecular weight excluding hydrogens is 266 g/mol. The molecule has 1 amide bonds. The first-order chi connectivity index (χ1) is 9.98. The lowest BCUT2D eigenvalue weighted by molar-refractivity contribution is -0.122. The number of hydrogen-bond acceptors (Lipinski definition) is 3. The maximum atomic E-state index is 11.8. The van der Waals surface area contributed by atoms with E-state index in [1.54, 1.807) is 0 Å². The van der Waals surface area contributed by atoms with Crippen LogP contribution in [0.3, 0.4) is 0 Å². The van der Waals surface area contributed by atoms with E-state index < -0.39 is 5.60 Å². The van der Waals surface area contributed by atoms with Crippen LogP contribution in [0, 0.1) is 13.8 Å². The van der Waals surface area contributed by atoms with Crippen LogP contribution in [-0.2, 0) is 4.79 Å². The van der Waals surface area contributed by atoms with Crippen molar-refractivity contribution in [2.24, 2.45) is 0 Å². The van der Waals surface area contributed by atoms with Crippen LogP contribution >= 0.6 is 0 Å². The van der Waals surface area contributed by atoms with Crippen LogP contribution in [-0.4, -0.2) is 29.8 Å². The third-order valence-corrected chi connectivity index (χ3v) is 4.23. The van der Waals surface area contributed by atoms with Crippen LogP contribution in [0.25, 0.3) is 0 Å². The highest BCUT2D eigenvalue weighted by molar-refractivity contribution is 5.76. The molecule has 0 unspecified atom stereocenters. The number of nitrogens with one attached hydrogen (secondary N) is 1. The van der Waals surface area contributed by atoms with Gasteiger partial charge in [-0.3, -0.25) is 4.79 Å². The smallest absolute Gasteiger partial charge is 0.223 e. The van der Waals surface area contributed by atoms with Crippen LogP contribution in [0.4, 0.5) is 0 Å². The molecule has 0 spiro atoms. The Morgan fingerprint density at radius 1 is 1.29 bits per heavy atom. The number of aliphatic hydroxyl groups is 1. The molecule has 116 valence electrons. The average Bonchev–Trinajstić information content (AvgIpc) is 2.88. The molecule has 2 N–H and O–H groups in total. The standard InChI is InChI=1S/C17H25NO3/c1-13-5-6-15(11-14(13)2)21-10-7-16(19)18-12-17(20)8-3-4-9-17/h5-6,11,20H,3-4,7-10,12H2,1-2H3,(H,18,19). The molecule has 1 saturated carbocycles. The summed E-state index contributed by atoms with van der Waals surface area (Å²) in [6.45, 7) is 4.81. The largest absolute Gasteiger partial charge is 0.493 e. The predicted molar refractivity (Wildman–Crippen MR) is 82.5 cm³/mol. The van der Waals surface area contributed by atoms with Gasteiger partial charge in [-0.25, -0.2) is 0 Å². The van der Waals surface area contributed by atoms with Crippen LogP contribution in [0.15, 0.2) is 18.2 Å². The second kappa shape index (κ2) is 6.94. The predicted octanol–water partition coefficient (Wildman–Crippen LogP) is 2.49. The molecule has 4 heteroatoms. The van der Waals surface area contributed by atoms with Gasteiger partial charge in [0.1, 0.15) is 5.75 Å². The first-order valence-electron chi connectivity index (χ1n) is 7.68. The maximum Gasteiger partial charge on any atom is 0.223 e. The molecule has 4 nitrogen and oxygen atoms in total. The van der Waals surface area contributed by atoms with Crippen molar-refractivity contribution in [2.45, 2.75) is 51.6 Å². The van der Waals surface area contributed by atoms with Crippen LogP contribution in [0.2, 0.25) is 0 Å². The molecular formula is C17H25NO3. The number of ether oxygens (including phenoxy) is 1. The van der Waals surface area contributed by atoms with Gasteiger partial charge in [-0.15, -0.1) is 0 Å². The minimum Gasteiger partial charge on any atom is -0.493 e. The molecule has 0 heterocycles. The van der Waals surface area contributed by atoms with Crippen LogP contribution < -0.4 is 10.1 Å². The molecule has 1 aliphatic rings. The molecule has 0 saturated heterocycles. The van der Waals surface area contributed by atoms with Gasteiger partial charge < -0.3 is 15.2 Å². The number of amides is 1. The Kier molecular flexibility index (Phi) is 5.23. The van der Waals surface area contributed by atoms with Crippen molar-refractivity contribution in [1.82, 2.24) is 5.32 Å². The highest BCUT2D eigenvalue weighted by Gasteiger charge is 2.31. The molecule has 1 aliphatic carbocycles. The topological polar surface area (TPSA) is 58.6 Å². The van der Waals surface area contributed by atoms with Crippen LogP contribution in [0.5, 0.6) is 5.75 Å². The number of rotatable bonds is 6. The van der Waals surface area contributed by atoms with E-state index in [-0.39, 0.29) is 5.91 Å². The minimum atomic E-state index is -0.690. The quantitative estimate of drug-likeness (QED) is 0.846. The second-order valence-electron chi connectivity index (χ2n) is 6.05. The highest BCUT2D eigenvalue weighted by atomic mass is 16.5. The summed E-state index contributed by atoms with van der Waals surface area (Å²) in [5, 5.41) is 13.0. The van der Waals surface area contributed by atoms with E-state index in [1.165, 1.54) is 11.1 Å². The molecule has 1 aromatic rings. The molecule has 1 fully saturated rings. The van der Waals surface area contributed by atoms with Crippen molar-refractivity contribution in [3.8, 4) is 5.75 Å². The molecule has 2 rings (SSSR count). The first kappa shape index (κ1) is 15.8. The Bertz CT molecular complexity index is 493. The third-order valence-electron chi connectivity index (χ3n) is 4.23. The van der Waals surface area contributed by atoms with Gasteiger partial charge in [0.25, 0.3) is 0 Å². The summed E-state index contributed by atoms with van der Waals surface area (Å²) in [6.07, 6.45) is 3.96. The lowest BCUT2D eigenvalue weighted by atomic mass is 10.0. The molecule has 1 aromatic carbocycles. The Morgan fingerprint density at radius 3 is 2.67 bits per heavy atom. The number of aryl methyl sites for hydroxylation is 2. The Hall–Kier alpha value is -1.55. The molecule has 0 atom stereocenters. The number of hydrogen-bond donors (Lipinski definition) is 2. The summed E-state index contributed by atoms with van der Waals surface area (Å²) in [7, 11) is 0. The molecule has 0 aliphatic heterocycles. The summed E-state index contributed by atoms with van der Waals surface area (Å²) >= 11 is 0. The van der Waals surface area contributed by atoms with E-state index in [9.17, 15) is 9.90 Å². The van der Waals surface area contributed by atoms with Crippen molar-refractivity contribution < 1.29 is 14.6 Å². The van der Waals surface area contributed by atoms with Gasteiger partial charge in [-0.05, 0) is 49.9 Å². The van der Waals surface area contributed by atoms with E-state index in [4.69, 9.17) is 4.74 Å². The van der Waals surface area contributed by atoms with Gasteiger partial charge in [0.2, 0.25) is 5.91 Å². The van der Waals surface area contributed by atoms with Crippen molar-refractivity contribution in [2.75, 3.05) is 13.2 Å². The fourth-order valence-corrected chi connectivity index (χ4v) is 2.63. The van der Waals surface area contributed by atoms with Gasteiger partial charge >= 0.3 is 0 Å². The zero-order valence-electron chi connectivity index (χ0n) is 12.9. The van der Waals surface area contributed by atoms with E-state index >= 15 is 0 Å². The molecule has 0 bridgehead atoms. The maximum absolute atomic E-state index is 11.8. The minimum absolute atomic E-state index is 0.0702. The summed E-state index contributed by atoms with van der Waals surface area (Å²) in [5.74, 6) is 0.722. The van der Waals surface area contributed by atoms with E-state index in [0.717, 1.165) is 31.4 Å². The molecule has 0 aromatic heterocycles. The Morgan fingerprint density at radius 2 is 2.00 bits per heavy atom. The fraction of sp³-hybridized carbons (Fsp3) is 0.588. The van der Waals surface area contributed by atoms with Crippen molar-refractivity contribution in [3.05, 3.63) is 29.3 Å². The van der Waals surface area contributed by atoms with Gasteiger partial charge in [0, 0.05) is 6.54 Å². The van der Waals surface area contributed by atoms with E-state index in [0.29, 0.717) is 19.6 Å². The van der Waals surface area contributed by atoms with Crippen molar-refractivity contribution in [3.63, 3.8) is 0 Å². The Balaban J connectivity index is 1.68. The van der Waals surface area contributed by atoms with Crippen molar-refractivity contribution >= 4 is 5.91 Å². The van der Waals surface area contributed by atoms with E-state index in [2.05, 4.69) is 12.2 Å². The fourth-order valence-electron chi connectivity index (χ4n) is 2.63. The van der Waals surface area contributed by atoms with Gasteiger partial charge in [0.15, 0.2) is 0 Å². The van der Waals surface area contributed by atoms with E-state index in [1.807, 2.05) is 25.1 Å². The number of benzene rings is 1. The summed E-state index contributed by atoms with van der Waals surface area (Å²) in [6, 6.07) is 5.91. The monoisotopic (exact) mass is 291 g/mol. The van der Waals surface area contributed by atoms with Gasteiger partial charge in [0.05, 0.1) is 18.6 Å². The number of carbonyl (C=O) groups excluding carboxylic acids is 1. The number of carbonyl (C=O) groups is 1. The highest BCUT2D eigenvalue weighted by Crippen LogP contribution is 2.28. The lowest BCUT2D eigenvalue weighted by Crippen LogP contribution is -2.41. The van der Waals surface area contributed by atoms with Crippen molar-refractivity contribution in [1.29, 1.82) is 0 Å². The zero-order chi connectivity index (χ0) is 15.3. The Labute approximate surface area is 126 Å². The first-order valence-corrected chi connectivity index (χ1v) is 7.68. The van der Waals surface area contributed by atoms with Gasteiger partial charge in [-0.2, -0.15) is 0 Å². The van der Waals surface area contributed by atoms with Gasteiger partial charge in [-0.1, -0.05) is 18.9 Å². The lowest BCUT2D eigenvalue weighted by Gasteiger charge is -2.22. The normalized spacial score (nSPS) is 16.7. The summed E-state index contributed by atoms with van der Waals surface area (Å²) in [4.78, 5) is 11.8. The molecule has 21 heavy (non-hydrogen) atoms.